The third kappa shape index (κ3) is 6.09. The molecule has 0 aliphatic carbocycles. The zero-order valence-corrected chi connectivity index (χ0v) is 18.7. The van der Waals surface area contributed by atoms with Gasteiger partial charge in [0, 0.05) is 30.6 Å². The first-order chi connectivity index (χ1) is 16.0. The number of non-ortho nitro benzene ring substituents is 1. The normalized spacial score (nSPS) is 14.1. The largest absolute Gasteiger partial charge is 0.470 e. The van der Waals surface area contributed by atoms with Crippen LogP contribution >= 0.6 is 11.6 Å². The maximum atomic E-state index is 12.5. The summed E-state index contributed by atoms with van der Waals surface area (Å²) in [7, 11) is 0. The van der Waals surface area contributed by atoms with E-state index in [0.29, 0.717) is 5.69 Å². The van der Waals surface area contributed by atoms with Gasteiger partial charge in [-0.1, -0.05) is 30.2 Å². The van der Waals surface area contributed by atoms with Crippen molar-refractivity contribution in [1.29, 1.82) is 0 Å². The van der Waals surface area contributed by atoms with Gasteiger partial charge in [-0.3, -0.25) is 19.8 Å². The molecule has 10 heteroatoms. The van der Waals surface area contributed by atoms with Crippen molar-refractivity contribution in [3.8, 4) is 5.75 Å². The number of aromatic nitrogens is 2. The summed E-state index contributed by atoms with van der Waals surface area (Å²) >= 11 is 6.03. The smallest absolute Gasteiger partial charge is 0.276 e. The van der Waals surface area contributed by atoms with Crippen molar-refractivity contribution in [2.45, 2.75) is 32.5 Å². The highest BCUT2D eigenvalue weighted by atomic mass is 35.5. The molecule has 1 N–H and O–H groups in total. The van der Waals surface area contributed by atoms with Crippen LogP contribution in [-0.4, -0.2) is 38.6 Å². The van der Waals surface area contributed by atoms with Crippen LogP contribution in [0.2, 0.25) is 5.02 Å². The van der Waals surface area contributed by atoms with Crippen LogP contribution in [0.25, 0.3) is 0 Å². The van der Waals surface area contributed by atoms with Crippen LogP contribution in [0.15, 0.2) is 54.7 Å². The van der Waals surface area contributed by atoms with Crippen LogP contribution in [0.3, 0.4) is 0 Å². The van der Waals surface area contributed by atoms with Crippen molar-refractivity contribution in [2.75, 3.05) is 18.4 Å². The number of hydrogen-bond acceptors (Lipinski definition) is 6. The van der Waals surface area contributed by atoms with Crippen molar-refractivity contribution < 1.29 is 14.5 Å². The molecule has 2 heterocycles. The van der Waals surface area contributed by atoms with Crippen LogP contribution < -0.4 is 10.1 Å². The predicted molar refractivity (Wildman–Crippen MR) is 124 cm³/mol. The monoisotopic (exact) mass is 469 g/mol. The highest BCUT2D eigenvalue weighted by molar-refractivity contribution is 6.32. The van der Waals surface area contributed by atoms with Gasteiger partial charge in [0.05, 0.1) is 9.95 Å². The molecule has 1 saturated heterocycles. The maximum Gasteiger partial charge on any atom is 0.276 e. The molecule has 1 fully saturated rings. The molecule has 172 valence electrons. The van der Waals surface area contributed by atoms with Crippen molar-refractivity contribution >= 4 is 28.9 Å². The summed E-state index contributed by atoms with van der Waals surface area (Å²) in [5.41, 5.74) is 2.04. The Balaban J connectivity index is 1.30. The van der Waals surface area contributed by atoms with Crippen LogP contribution in [-0.2, 0) is 13.3 Å². The first kappa shape index (κ1) is 22.8. The van der Waals surface area contributed by atoms with Gasteiger partial charge in [0.1, 0.15) is 5.75 Å². The second-order valence-corrected chi connectivity index (χ2v) is 8.28. The number of ether oxygens (including phenoxy) is 1. The summed E-state index contributed by atoms with van der Waals surface area (Å²) < 4.78 is 6.99. The number of nitrogens with one attached hydrogen (secondary N) is 1. The first-order valence-corrected chi connectivity index (χ1v) is 11.1. The van der Waals surface area contributed by atoms with Crippen molar-refractivity contribution in [1.82, 2.24) is 14.7 Å². The molecule has 0 spiro atoms. The number of amides is 1. The fourth-order valence-electron chi connectivity index (χ4n) is 3.68. The van der Waals surface area contributed by atoms with Gasteiger partial charge in [-0.05, 0) is 55.8 Å². The Bertz CT molecular complexity index is 1130. The number of carbonyl (C=O) groups excluding carboxylic acids is 1. The number of likely N-dealkylation sites (tertiary alicyclic amines) is 1. The van der Waals surface area contributed by atoms with Gasteiger partial charge in [0.25, 0.3) is 11.6 Å². The highest BCUT2D eigenvalue weighted by Gasteiger charge is 2.13. The lowest BCUT2D eigenvalue weighted by molar-refractivity contribution is -0.384. The zero-order valence-electron chi connectivity index (χ0n) is 17.9. The SMILES string of the molecule is O=C(Nc1ccc(CN2CCCCC2)cc1)c1ccn(COc2ccc([N+](=O)[O-])cc2Cl)n1. The average Bonchev–Trinajstić information content (AvgIpc) is 3.29. The summed E-state index contributed by atoms with van der Waals surface area (Å²) in [5, 5.41) is 18.0. The molecule has 0 unspecified atom stereocenters. The van der Waals surface area contributed by atoms with Crippen LogP contribution in [0.5, 0.6) is 5.75 Å². The highest BCUT2D eigenvalue weighted by Crippen LogP contribution is 2.28. The van der Waals surface area contributed by atoms with E-state index < -0.39 is 4.92 Å². The van der Waals surface area contributed by atoms with Crippen LogP contribution in [0, 0.1) is 10.1 Å². The number of hydrogen-bond donors (Lipinski definition) is 1. The third-order valence-corrected chi connectivity index (χ3v) is 5.71. The molecule has 0 bridgehead atoms. The number of carbonyl (C=O) groups is 1. The van der Waals surface area contributed by atoms with Crippen molar-refractivity contribution in [3.05, 3.63) is 81.1 Å². The minimum absolute atomic E-state index is 0.00396. The Labute approximate surface area is 196 Å². The minimum atomic E-state index is -0.531. The minimum Gasteiger partial charge on any atom is -0.470 e. The number of halogens is 1. The van der Waals surface area contributed by atoms with Gasteiger partial charge in [-0.25, -0.2) is 4.68 Å². The van der Waals surface area contributed by atoms with E-state index in [1.807, 2.05) is 24.3 Å². The van der Waals surface area contributed by atoms with Gasteiger partial charge in [0.2, 0.25) is 0 Å². The molecule has 1 amide bonds. The van der Waals surface area contributed by atoms with Gasteiger partial charge < -0.3 is 10.1 Å². The van der Waals surface area contributed by atoms with Crippen molar-refractivity contribution in [3.63, 3.8) is 0 Å². The molecule has 9 nitrogen and oxygen atoms in total. The van der Waals surface area contributed by atoms with Gasteiger partial charge >= 0.3 is 0 Å². The van der Waals surface area contributed by atoms with Gasteiger partial charge in [0.15, 0.2) is 12.4 Å². The Hall–Kier alpha value is -3.43. The van der Waals surface area contributed by atoms with Crippen molar-refractivity contribution in [2.24, 2.45) is 0 Å². The molecule has 0 radical (unpaired) electrons. The molecule has 1 aromatic heterocycles. The number of nitrogens with zero attached hydrogens (tertiary/aromatic N) is 4. The van der Waals surface area contributed by atoms with E-state index in [-0.39, 0.29) is 34.8 Å². The molecule has 1 aliphatic rings. The first-order valence-electron chi connectivity index (χ1n) is 10.7. The number of piperidine rings is 1. The van der Waals surface area contributed by atoms with E-state index in [1.54, 1.807) is 12.3 Å². The summed E-state index contributed by atoms with van der Waals surface area (Å²) in [4.78, 5) is 25.3. The second kappa shape index (κ2) is 10.5. The van der Waals surface area contributed by atoms with E-state index in [1.165, 1.54) is 47.7 Å². The lowest BCUT2D eigenvalue weighted by Gasteiger charge is -2.26. The summed E-state index contributed by atoms with van der Waals surface area (Å²) in [6.07, 6.45) is 5.43. The standard InChI is InChI=1S/C23H24ClN5O4/c24-20-14-19(29(31)32)8-9-22(20)33-16-28-13-10-21(26-28)23(30)25-18-6-4-17(5-7-18)15-27-11-2-1-3-12-27/h4-10,13-14H,1-3,11-12,15-16H2,(H,25,30). The second-order valence-electron chi connectivity index (χ2n) is 7.87. The Morgan fingerprint density at radius 2 is 1.88 bits per heavy atom. The molecule has 3 aromatic rings. The average molecular weight is 470 g/mol. The van der Waals surface area contributed by atoms with E-state index >= 15 is 0 Å². The van der Waals surface area contributed by atoms with E-state index in [9.17, 15) is 14.9 Å². The van der Waals surface area contributed by atoms with Crippen LogP contribution in [0.4, 0.5) is 11.4 Å². The zero-order chi connectivity index (χ0) is 23.2. The van der Waals surface area contributed by atoms with E-state index in [0.717, 1.165) is 19.6 Å². The fourth-order valence-corrected chi connectivity index (χ4v) is 3.90. The Kier molecular flexibility index (Phi) is 7.21. The third-order valence-electron chi connectivity index (χ3n) is 5.42. The molecule has 0 atom stereocenters. The molecule has 4 rings (SSSR count). The van der Waals surface area contributed by atoms with E-state index in [4.69, 9.17) is 16.3 Å². The van der Waals surface area contributed by atoms with Gasteiger partial charge in [-0.15, -0.1) is 0 Å². The van der Waals surface area contributed by atoms with Gasteiger partial charge in [-0.2, -0.15) is 5.10 Å². The number of anilines is 1. The van der Waals surface area contributed by atoms with E-state index in [2.05, 4.69) is 15.3 Å². The molecule has 0 saturated carbocycles. The number of nitro benzene ring substituents is 1. The predicted octanol–water partition coefficient (Wildman–Crippen LogP) is 4.72. The topological polar surface area (TPSA) is 103 Å². The lowest BCUT2D eigenvalue weighted by Crippen LogP contribution is -2.29. The molecular formula is C23H24ClN5O4. The van der Waals surface area contributed by atoms with Crippen LogP contribution in [0.1, 0.15) is 35.3 Å². The Morgan fingerprint density at radius 3 is 2.58 bits per heavy atom. The number of rotatable bonds is 8. The molecule has 1 aliphatic heterocycles. The quantitative estimate of drug-likeness (QED) is 0.378. The lowest BCUT2D eigenvalue weighted by atomic mass is 10.1. The fraction of sp³-hybridized carbons (Fsp3) is 0.304. The number of benzene rings is 2. The summed E-state index contributed by atoms with van der Waals surface area (Å²) in [6.45, 7) is 3.20. The molecular weight excluding hydrogens is 446 g/mol. The Morgan fingerprint density at radius 1 is 1.12 bits per heavy atom. The summed E-state index contributed by atoms with van der Waals surface area (Å²) in [6, 6.07) is 13.4. The molecule has 33 heavy (non-hydrogen) atoms. The number of nitro groups is 1. The summed E-state index contributed by atoms with van der Waals surface area (Å²) in [5.74, 6) is -0.0423. The maximum absolute atomic E-state index is 12.5. The molecule has 2 aromatic carbocycles.